The van der Waals surface area contributed by atoms with Crippen LogP contribution >= 0.6 is 0 Å². The lowest BCUT2D eigenvalue weighted by Gasteiger charge is -2.21. The minimum absolute atomic E-state index is 0.0201. The molecule has 3 nitrogen and oxygen atoms in total. The number of hydrogen-bond acceptors (Lipinski definition) is 0. The van der Waals surface area contributed by atoms with Crippen LogP contribution in [0.5, 0.6) is 0 Å². The lowest BCUT2D eigenvalue weighted by atomic mass is 9.83. The lowest BCUT2D eigenvalue weighted by molar-refractivity contribution is 0.591. The summed E-state index contributed by atoms with van der Waals surface area (Å²) in [6.07, 6.45) is 6.44. The number of nitrogens with one attached hydrogen (secondary N) is 3. The van der Waals surface area contributed by atoms with Crippen molar-refractivity contribution >= 4 is 32.7 Å². The Morgan fingerprint density at radius 3 is 1.95 bits per heavy atom. The molecule has 194 valence electrons. The fourth-order valence-electron chi connectivity index (χ4n) is 5.82. The van der Waals surface area contributed by atoms with Crippen LogP contribution in [0, 0.1) is 0 Å². The van der Waals surface area contributed by atoms with E-state index in [2.05, 4.69) is 137 Å². The van der Waals surface area contributed by atoms with Gasteiger partial charge in [-0.25, -0.2) is 0 Å². The van der Waals surface area contributed by atoms with Gasteiger partial charge in [-0.2, -0.15) is 0 Å². The predicted octanol–water partition coefficient (Wildman–Crippen LogP) is 10.2. The van der Waals surface area contributed by atoms with E-state index < -0.39 is 0 Å². The summed E-state index contributed by atoms with van der Waals surface area (Å²) in [5, 5.41) is 3.83. The van der Waals surface area contributed by atoms with Crippen LogP contribution in [0.1, 0.15) is 78.0 Å². The zero-order valence-corrected chi connectivity index (χ0v) is 23.9. The Balaban J connectivity index is 1.62. The third kappa shape index (κ3) is 3.88. The van der Waals surface area contributed by atoms with Gasteiger partial charge in [-0.1, -0.05) is 79.7 Å². The van der Waals surface area contributed by atoms with Crippen molar-refractivity contribution < 1.29 is 0 Å². The van der Waals surface area contributed by atoms with E-state index in [1.165, 1.54) is 71.7 Å². The number of aromatic nitrogens is 3. The summed E-state index contributed by atoms with van der Waals surface area (Å²) in [7, 11) is 0. The van der Waals surface area contributed by atoms with E-state index in [0.717, 1.165) is 0 Å². The second kappa shape index (κ2) is 8.39. The molecule has 3 heterocycles. The van der Waals surface area contributed by atoms with Gasteiger partial charge in [0.05, 0.1) is 11.0 Å². The summed E-state index contributed by atoms with van der Waals surface area (Å²) in [5.74, 6) is 0.477. The van der Waals surface area contributed by atoms with E-state index in [1.807, 2.05) is 0 Å². The van der Waals surface area contributed by atoms with Gasteiger partial charge >= 0.3 is 0 Å². The van der Waals surface area contributed by atoms with Crippen LogP contribution in [-0.2, 0) is 10.8 Å². The second-order valence-corrected chi connectivity index (χ2v) is 13.2. The first kappa shape index (κ1) is 24.6. The molecule has 0 aliphatic carbocycles. The molecule has 0 spiro atoms. The minimum Gasteiger partial charge on any atom is -0.361 e. The molecule has 0 bridgehead atoms. The van der Waals surface area contributed by atoms with Gasteiger partial charge < -0.3 is 15.0 Å². The minimum atomic E-state index is 0.0201. The maximum absolute atomic E-state index is 3.69. The Labute approximate surface area is 225 Å². The van der Waals surface area contributed by atoms with Gasteiger partial charge in [0.2, 0.25) is 0 Å². The van der Waals surface area contributed by atoms with Crippen LogP contribution in [0.4, 0.5) is 0 Å². The Bertz CT molecular complexity index is 1810. The summed E-state index contributed by atoms with van der Waals surface area (Å²) < 4.78 is 0. The normalized spacial score (nSPS) is 13.0. The van der Waals surface area contributed by atoms with Crippen molar-refractivity contribution in [3.63, 3.8) is 0 Å². The van der Waals surface area contributed by atoms with Gasteiger partial charge in [-0.3, -0.25) is 0 Å². The first-order valence-electron chi connectivity index (χ1n) is 13.8. The van der Waals surface area contributed by atoms with Crippen LogP contribution in [0.2, 0.25) is 0 Å². The van der Waals surface area contributed by atoms with Crippen molar-refractivity contribution in [1.29, 1.82) is 0 Å². The lowest BCUT2D eigenvalue weighted by Crippen LogP contribution is -2.11. The van der Waals surface area contributed by atoms with Crippen molar-refractivity contribution in [2.45, 2.75) is 72.1 Å². The van der Waals surface area contributed by atoms with E-state index in [-0.39, 0.29) is 10.8 Å². The van der Waals surface area contributed by atoms with E-state index in [0.29, 0.717) is 5.92 Å². The Hall–Kier alpha value is -3.72. The number of aromatic amines is 3. The molecule has 0 atom stereocenters. The third-order valence-corrected chi connectivity index (χ3v) is 8.16. The topological polar surface area (TPSA) is 47.4 Å². The standard InChI is InChI=1S/C35H39N3/c1-20(2)23-11-12-25(32-26(23)13-14-36-32)30-19-38-33-27(15-22(16-28(30)33)35(6,7)8)29-18-37-31-17-21(34(3,4)5)9-10-24(29)31/h9-20,36-38H,1-8H3. The maximum atomic E-state index is 3.69. The molecule has 6 aromatic rings. The summed E-state index contributed by atoms with van der Waals surface area (Å²) in [5.41, 5.74) is 12.7. The molecule has 3 heteroatoms. The first-order valence-corrected chi connectivity index (χ1v) is 13.8. The smallest absolute Gasteiger partial charge is 0.0541 e. The molecular weight excluding hydrogens is 462 g/mol. The first-order chi connectivity index (χ1) is 17.9. The monoisotopic (exact) mass is 501 g/mol. The van der Waals surface area contributed by atoms with Gasteiger partial charge in [0.1, 0.15) is 0 Å². The maximum Gasteiger partial charge on any atom is 0.0541 e. The molecule has 0 saturated carbocycles. The average Bonchev–Trinajstić information content (AvgIpc) is 3.59. The fraction of sp³-hybridized carbons (Fsp3) is 0.314. The zero-order valence-electron chi connectivity index (χ0n) is 23.9. The predicted molar refractivity (Wildman–Crippen MR) is 164 cm³/mol. The highest BCUT2D eigenvalue weighted by Gasteiger charge is 2.23. The molecule has 0 fully saturated rings. The molecule has 0 radical (unpaired) electrons. The van der Waals surface area contributed by atoms with Crippen LogP contribution in [-0.4, -0.2) is 15.0 Å². The van der Waals surface area contributed by atoms with Gasteiger partial charge in [0, 0.05) is 62.5 Å². The average molecular weight is 502 g/mol. The molecule has 6 rings (SSSR count). The van der Waals surface area contributed by atoms with E-state index >= 15 is 0 Å². The van der Waals surface area contributed by atoms with Gasteiger partial charge in [-0.05, 0) is 57.7 Å². The van der Waals surface area contributed by atoms with Crippen molar-refractivity contribution in [2.24, 2.45) is 0 Å². The van der Waals surface area contributed by atoms with Crippen LogP contribution < -0.4 is 0 Å². The highest BCUT2D eigenvalue weighted by Crippen LogP contribution is 2.43. The molecule has 0 unspecified atom stereocenters. The Kier molecular flexibility index (Phi) is 5.43. The van der Waals surface area contributed by atoms with Crippen molar-refractivity contribution in [3.8, 4) is 22.3 Å². The molecule has 0 aliphatic heterocycles. The van der Waals surface area contributed by atoms with Gasteiger partial charge in [0.15, 0.2) is 0 Å². The third-order valence-electron chi connectivity index (χ3n) is 8.16. The molecule has 3 aromatic heterocycles. The number of benzene rings is 3. The summed E-state index contributed by atoms with van der Waals surface area (Å²) in [4.78, 5) is 10.8. The number of hydrogen-bond donors (Lipinski definition) is 3. The van der Waals surface area contributed by atoms with E-state index in [4.69, 9.17) is 0 Å². The zero-order chi connectivity index (χ0) is 27.0. The van der Waals surface area contributed by atoms with Gasteiger partial charge in [0.25, 0.3) is 0 Å². The summed E-state index contributed by atoms with van der Waals surface area (Å²) >= 11 is 0. The number of fused-ring (bicyclic) bond motifs is 3. The highest BCUT2D eigenvalue weighted by atomic mass is 14.7. The van der Waals surface area contributed by atoms with Crippen molar-refractivity contribution in [3.05, 3.63) is 83.8 Å². The van der Waals surface area contributed by atoms with Crippen LogP contribution in [0.15, 0.2) is 67.1 Å². The fourth-order valence-corrected chi connectivity index (χ4v) is 5.82. The molecule has 38 heavy (non-hydrogen) atoms. The van der Waals surface area contributed by atoms with Crippen molar-refractivity contribution in [1.82, 2.24) is 15.0 Å². The Morgan fingerprint density at radius 1 is 0.553 bits per heavy atom. The molecular formula is C35H39N3. The van der Waals surface area contributed by atoms with E-state index in [1.54, 1.807) is 0 Å². The highest BCUT2D eigenvalue weighted by molar-refractivity contribution is 6.11. The van der Waals surface area contributed by atoms with Gasteiger partial charge in [-0.15, -0.1) is 0 Å². The molecule has 0 amide bonds. The quantitative estimate of drug-likeness (QED) is 0.216. The summed E-state index contributed by atoms with van der Waals surface area (Å²) in [6.45, 7) is 18.2. The van der Waals surface area contributed by atoms with Crippen LogP contribution in [0.25, 0.3) is 55.0 Å². The number of rotatable bonds is 3. The molecule has 0 saturated heterocycles. The molecule has 3 N–H and O–H groups in total. The molecule has 0 aliphatic rings. The summed E-state index contributed by atoms with van der Waals surface area (Å²) in [6, 6.07) is 18.5. The SMILES string of the molecule is CC(C)c1ccc(-c2c[nH]c3c(-c4c[nH]c5cc(C(C)(C)C)ccc45)cc(C(C)(C)C)cc23)c2[nH]ccc12. The van der Waals surface area contributed by atoms with Crippen molar-refractivity contribution in [2.75, 3.05) is 0 Å². The largest absolute Gasteiger partial charge is 0.361 e. The van der Waals surface area contributed by atoms with E-state index in [9.17, 15) is 0 Å². The van der Waals surface area contributed by atoms with Crippen LogP contribution in [0.3, 0.4) is 0 Å². The molecule has 3 aromatic carbocycles. The number of H-pyrrole nitrogens is 3. The Morgan fingerprint density at radius 2 is 1.24 bits per heavy atom. The second-order valence-electron chi connectivity index (χ2n) is 13.2.